The number of aryl methyl sites for hydroxylation is 1. The molecule has 1 N–H and O–H groups in total. The van der Waals surface area contributed by atoms with Gasteiger partial charge in [-0.25, -0.2) is 4.98 Å². The minimum absolute atomic E-state index is 0.222. The van der Waals surface area contributed by atoms with Gasteiger partial charge in [-0.05, 0) is 53.2 Å². The largest absolute Gasteiger partial charge is 0.454 e. The summed E-state index contributed by atoms with van der Waals surface area (Å²) in [5.74, 6) is 1.31. The molecule has 3 heterocycles. The summed E-state index contributed by atoms with van der Waals surface area (Å²) < 4.78 is 16.5. The van der Waals surface area contributed by atoms with E-state index in [9.17, 15) is 4.79 Å². The van der Waals surface area contributed by atoms with E-state index in [0.29, 0.717) is 15.6 Å². The number of aromatic nitrogens is 1. The first-order chi connectivity index (χ1) is 11.6. The maximum atomic E-state index is 12.1. The number of amides is 1. The van der Waals surface area contributed by atoms with E-state index in [-0.39, 0.29) is 18.5 Å². The summed E-state index contributed by atoms with van der Waals surface area (Å²) in [5, 5.41) is 3.26. The van der Waals surface area contributed by atoms with E-state index in [2.05, 4.69) is 26.2 Å². The number of nitrogens with one attached hydrogen (secondary N) is 1. The second-order valence-electron chi connectivity index (χ2n) is 5.05. The monoisotopic (exact) mass is 406 g/mol. The highest BCUT2D eigenvalue weighted by molar-refractivity contribution is 9.10. The number of anilines is 1. The molecule has 1 aliphatic rings. The van der Waals surface area contributed by atoms with Crippen molar-refractivity contribution in [3.8, 4) is 22.8 Å². The number of carbonyl (C=O) groups excluding carboxylic acids is 1. The Kier molecular flexibility index (Phi) is 3.78. The van der Waals surface area contributed by atoms with Crippen LogP contribution in [0, 0.1) is 6.92 Å². The van der Waals surface area contributed by atoms with Crippen molar-refractivity contribution in [3.63, 3.8) is 0 Å². The van der Waals surface area contributed by atoms with E-state index < -0.39 is 0 Å². The molecule has 8 heteroatoms. The molecule has 1 aromatic carbocycles. The lowest BCUT2D eigenvalue weighted by atomic mass is 10.1. The first kappa shape index (κ1) is 15.2. The van der Waals surface area contributed by atoms with E-state index in [1.165, 1.54) is 11.3 Å². The molecule has 0 radical (unpaired) electrons. The number of carbonyl (C=O) groups is 1. The van der Waals surface area contributed by atoms with Crippen LogP contribution in [-0.2, 0) is 0 Å². The summed E-state index contributed by atoms with van der Waals surface area (Å²) in [4.78, 5) is 17.6. The van der Waals surface area contributed by atoms with Crippen molar-refractivity contribution in [3.05, 3.63) is 45.6 Å². The van der Waals surface area contributed by atoms with Gasteiger partial charge < -0.3 is 13.9 Å². The summed E-state index contributed by atoms with van der Waals surface area (Å²) in [5.41, 5.74) is 1.71. The van der Waals surface area contributed by atoms with E-state index in [4.69, 9.17) is 13.9 Å². The number of benzene rings is 1. The van der Waals surface area contributed by atoms with Crippen molar-refractivity contribution in [2.45, 2.75) is 6.92 Å². The summed E-state index contributed by atoms with van der Waals surface area (Å²) in [6.07, 6.45) is 0. The number of halogens is 1. The Labute approximate surface area is 149 Å². The van der Waals surface area contributed by atoms with Crippen molar-refractivity contribution >= 4 is 38.3 Å². The summed E-state index contributed by atoms with van der Waals surface area (Å²) in [7, 11) is 0. The topological polar surface area (TPSA) is 73.6 Å². The van der Waals surface area contributed by atoms with Gasteiger partial charge in [0.25, 0.3) is 5.91 Å². The van der Waals surface area contributed by atoms with Gasteiger partial charge in [-0.15, -0.1) is 11.3 Å². The van der Waals surface area contributed by atoms with Crippen LogP contribution in [0.3, 0.4) is 0 Å². The molecular formula is C16H11BrN2O4S. The Bertz CT molecular complexity index is 934. The van der Waals surface area contributed by atoms with E-state index in [1.54, 1.807) is 12.1 Å². The first-order valence-electron chi connectivity index (χ1n) is 7.04. The van der Waals surface area contributed by atoms with Crippen LogP contribution < -0.4 is 14.8 Å². The summed E-state index contributed by atoms with van der Waals surface area (Å²) >= 11 is 4.58. The fraction of sp³-hybridized carbons (Fsp3) is 0.125. The number of thiazole rings is 1. The molecule has 4 rings (SSSR count). The molecule has 0 atom stereocenters. The fourth-order valence-corrected chi connectivity index (χ4v) is 3.49. The predicted molar refractivity (Wildman–Crippen MR) is 92.8 cm³/mol. The molecule has 24 heavy (non-hydrogen) atoms. The van der Waals surface area contributed by atoms with Crippen LogP contribution >= 0.6 is 27.3 Å². The van der Waals surface area contributed by atoms with Crippen molar-refractivity contribution in [2.75, 3.05) is 12.1 Å². The maximum Gasteiger partial charge on any atom is 0.293 e. The van der Waals surface area contributed by atoms with Crippen LogP contribution in [0.5, 0.6) is 11.5 Å². The minimum atomic E-state index is -0.341. The molecule has 0 fully saturated rings. The van der Waals surface area contributed by atoms with Crippen molar-refractivity contribution in [1.29, 1.82) is 0 Å². The lowest BCUT2D eigenvalue weighted by molar-refractivity contribution is 0.0995. The van der Waals surface area contributed by atoms with Gasteiger partial charge in [-0.1, -0.05) is 0 Å². The maximum absolute atomic E-state index is 12.1. The van der Waals surface area contributed by atoms with Gasteiger partial charge in [0, 0.05) is 10.4 Å². The highest BCUT2D eigenvalue weighted by Gasteiger charge is 2.18. The Hall–Kier alpha value is -2.32. The Morgan fingerprint density at radius 2 is 2.08 bits per heavy atom. The molecule has 0 saturated carbocycles. The number of hydrogen-bond donors (Lipinski definition) is 1. The smallest absolute Gasteiger partial charge is 0.293 e. The molecule has 2 aromatic heterocycles. The number of ether oxygens (including phenoxy) is 2. The van der Waals surface area contributed by atoms with Crippen LogP contribution in [0.25, 0.3) is 11.3 Å². The third-order valence-corrected chi connectivity index (χ3v) is 4.77. The van der Waals surface area contributed by atoms with Crippen LogP contribution in [0.2, 0.25) is 0 Å². The molecule has 1 aliphatic heterocycles. The van der Waals surface area contributed by atoms with E-state index in [0.717, 1.165) is 21.9 Å². The van der Waals surface area contributed by atoms with Crippen LogP contribution in [0.4, 0.5) is 5.13 Å². The SMILES string of the molecule is Cc1sc(NC(=O)c2ccc(Br)o2)nc1-c1ccc2c(c1)OCO2. The number of nitrogens with zero attached hydrogens (tertiary/aromatic N) is 1. The summed E-state index contributed by atoms with van der Waals surface area (Å²) in [6, 6.07) is 8.93. The standard InChI is InChI=1S/C16H11BrN2O4S/c1-8-14(9-2-3-10-12(6-9)22-7-21-10)18-16(24-8)19-15(20)11-4-5-13(17)23-11/h2-6H,7H2,1H3,(H,18,19,20). The molecular weight excluding hydrogens is 396 g/mol. The van der Waals surface area contributed by atoms with Gasteiger partial charge in [0.15, 0.2) is 27.1 Å². The molecule has 0 bridgehead atoms. The molecule has 0 unspecified atom stereocenters. The van der Waals surface area contributed by atoms with Gasteiger partial charge >= 0.3 is 0 Å². The first-order valence-corrected chi connectivity index (χ1v) is 8.65. The van der Waals surface area contributed by atoms with E-state index >= 15 is 0 Å². The van der Waals surface area contributed by atoms with Gasteiger partial charge in [0.2, 0.25) is 6.79 Å². The number of fused-ring (bicyclic) bond motifs is 1. The van der Waals surface area contributed by atoms with Gasteiger partial charge in [0.1, 0.15) is 0 Å². The second kappa shape index (κ2) is 5.95. The minimum Gasteiger partial charge on any atom is -0.454 e. The van der Waals surface area contributed by atoms with Crippen molar-refractivity contribution in [2.24, 2.45) is 0 Å². The average Bonchev–Trinajstić information content (AvgIpc) is 3.26. The normalized spacial score (nSPS) is 12.4. The quantitative estimate of drug-likeness (QED) is 0.694. The zero-order chi connectivity index (χ0) is 16.7. The zero-order valence-electron chi connectivity index (χ0n) is 12.5. The van der Waals surface area contributed by atoms with Gasteiger partial charge in [-0.2, -0.15) is 0 Å². The Balaban J connectivity index is 1.59. The van der Waals surface area contributed by atoms with Gasteiger partial charge in [0.05, 0.1) is 5.69 Å². The Morgan fingerprint density at radius 3 is 2.88 bits per heavy atom. The van der Waals surface area contributed by atoms with E-state index in [1.807, 2.05) is 25.1 Å². The highest BCUT2D eigenvalue weighted by atomic mass is 79.9. The molecule has 3 aromatic rings. The lowest BCUT2D eigenvalue weighted by Crippen LogP contribution is -2.10. The predicted octanol–water partition coefficient (Wildman–Crippen LogP) is 4.46. The van der Waals surface area contributed by atoms with Crippen LogP contribution in [0.1, 0.15) is 15.4 Å². The van der Waals surface area contributed by atoms with Gasteiger partial charge in [-0.3, -0.25) is 10.1 Å². The highest BCUT2D eigenvalue weighted by Crippen LogP contribution is 2.38. The lowest BCUT2D eigenvalue weighted by Gasteiger charge is -2.01. The molecule has 0 saturated heterocycles. The molecule has 0 aliphatic carbocycles. The van der Waals surface area contributed by atoms with Crippen molar-refractivity contribution < 1.29 is 18.7 Å². The van der Waals surface area contributed by atoms with Crippen LogP contribution in [0.15, 0.2) is 39.4 Å². The number of rotatable bonds is 3. The second-order valence-corrected chi connectivity index (χ2v) is 7.03. The van der Waals surface area contributed by atoms with Crippen LogP contribution in [-0.4, -0.2) is 17.7 Å². The average molecular weight is 407 g/mol. The molecule has 6 nitrogen and oxygen atoms in total. The summed E-state index contributed by atoms with van der Waals surface area (Å²) in [6.45, 7) is 2.19. The number of hydrogen-bond acceptors (Lipinski definition) is 6. The fourth-order valence-electron chi connectivity index (χ4n) is 2.36. The Morgan fingerprint density at radius 1 is 1.25 bits per heavy atom. The van der Waals surface area contributed by atoms with Crippen molar-refractivity contribution in [1.82, 2.24) is 4.98 Å². The number of furan rings is 1. The third-order valence-electron chi connectivity index (χ3n) is 3.46. The molecule has 122 valence electrons. The molecule has 0 spiro atoms. The zero-order valence-corrected chi connectivity index (χ0v) is 14.9. The third kappa shape index (κ3) is 2.78. The molecule has 1 amide bonds.